The van der Waals surface area contributed by atoms with Gasteiger partial charge in [0.25, 0.3) is 0 Å². The number of hydrogen-bond acceptors (Lipinski definition) is 4. The van der Waals surface area contributed by atoms with Crippen LogP contribution in [0, 0.1) is 0 Å². The molecule has 15 heavy (non-hydrogen) atoms. The van der Waals surface area contributed by atoms with Gasteiger partial charge in [-0.3, -0.25) is 0 Å². The first-order valence-electron chi connectivity index (χ1n) is 5.02. The monoisotopic (exact) mass is 211 g/mol. The summed E-state index contributed by atoms with van der Waals surface area (Å²) in [7, 11) is 0. The van der Waals surface area contributed by atoms with Crippen LogP contribution in [-0.4, -0.2) is 28.4 Å². The molecular weight excluding hydrogens is 194 g/mol. The number of aromatic nitrogens is 1. The lowest BCUT2D eigenvalue weighted by molar-refractivity contribution is 0.195. The molecule has 0 aliphatic carbocycles. The van der Waals surface area contributed by atoms with Gasteiger partial charge in [-0.25, -0.2) is 4.98 Å². The van der Waals surface area contributed by atoms with Crippen LogP contribution in [0.4, 0.5) is 0 Å². The molecule has 0 radical (unpaired) electrons. The number of aliphatic hydroxyl groups excluding tert-OH is 2. The van der Waals surface area contributed by atoms with E-state index >= 15 is 0 Å². The van der Waals surface area contributed by atoms with E-state index in [1.54, 1.807) is 6.07 Å². The summed E-state index contributed by atoms with van der Waals surface area (Å²) in [5.74, 6) is 0.743. The van der Waals surface area contributed by atoms with Crippen molar-refractivity contribution in [2.24, 2.45) is 0 Å². The molecule has 0 atom stereocenters. The first-order valence-corrected chi connectivity index (χ1v) is 5.02. The van der Waals surface area contributed by atoms with Crippen molar-refractivity contribution in [3.63, 3.8) is 0 Å². The second kappa shape index (κ2) is 5.68. The predicted molar refractivity (Wildman–Crippen MR) is 56.8 cm³/mol. The number of ether oxygens (including phenoxy) is 1. The van der Waals surface area contributed by atoms with Crippen molar-refractivity contribution in [2.45, 2.75) is 26.4 Å². The number of nitrogens with zero attached hydrogens (tertiary/aromatic N) is 1. The van der Waals surface area contributed by atoms with E-state index < -0.39 is 0 Å². The van der Waals surface area contributed by atoms with Crippen LogP contribution in [-0.2, 0) is 6.61 Å². The zero-order chi connectivity index (χ0) is 11.3. The molecule has 0 aliphatic rings. The summed E-state index contributed by atoms with van der Waals surface area (Å²) >= 11 is 0. The van der Waals surface area contributed by atoms with E-state index in [0.717, 1.165) is 11.3 Å². The predicted octanol–water partition coefficient (Wildman–Crippen LogP) is 1.07. The Kier molecular flexibility index (Phi) is 4.52. The molecule has 1 aromatic rings. The number of hydrogen-bond donors (Lipinski definition) is 2. The SMILES string of the molecule is CC(C)c1cc(CO)cc(OCCO)n1. The Bertz CT molecular complexity index is 313. The van der Waals surface area contributed by atoms with Gasteiger partial charge in [-0.05, 0) is 17.5 Å². The molecule has 1 aromatic heterocycles. The van der Waals surface area contributed by atoms with Crippen LogP contribution in [0.15, 0.2) is 12.1 Å². The van der Waals surface area contributed by atoms with Gasteiger partial charge in [0.1, 0.15) is 6.61 Å². The van der Waals surface area contributed by atoms with Crippen LogP contribution in [0.25, 0.3) is 0 Å². The molecular formula is C11H17NO3. The van der Waals surface area contributed by atoms with Gasteiger partial charge in [-0.2, -0.15) is 0 Å². The third-order valence-corrected chi connectivity index (χ3v) is 2.00. The lowest BCUT2D eigenvalue weighted by atomic mass is 10.1. The maximum Gasteiger partial charge on any atom is 0.213 e. The molecule has 0 aromatic carbocycles. The molecule has 0 saturated heterocycles. The molecule has 0 bridgehead atoms. The van der Waals surface area contributed by atoms with E-state index in [2.05, 4.69) is 4.98 Å². The zero-order valence-corrected chi connectivity index (χ0v) is 9.10. The Balaban J connectivity index is 2.90. The second-order valence-electron chi connectivity index (χ2n) is 3.62. The van der Waals surface area contributed by atoms with E-state index in [9.17, 15) is 0 Å². The molecule has 0 fully saturated rings. The maximum absolute atomic E-state index is 9.06. The van der Waals surface area contributed by atoms with Gasteiger partial charge in [-0.15, -0.1) is 0 Å². The summed E-state index contributed by atoms with van der Waals surface area (Å²) in [6.45, 7) is 4.21. The summed E-state index contributed by atoms with van der Waals surface area (Å²) < 4.78 is 5.22. The second-order valence-corrected chi connectivity index (χ2v) is 3.62. The minimum absolute atomic E-state index is 0.0300. The minimum atomic E-state index is -0.0396. The van der Waals surface area contributed by atoms with Crippen LogP contribution < -0.4 is 4.74 Å². The van der Waals surface area contributed by atoms with Crippen LogP contribution in [0.5, 0.6) is 5.88 Å². The van der Waals surface area contributed by atoms with Crippen molar-refractivity contribution in [1.29, 1.82) is 0 Å². The first-order chi connectivity index (χ1) is 7.17. The average molecular weight is 211 g/mol. The molecule has 1 rings (SSSR count). The summed E-state index contributed by atoms with van der Waals surface area (Å²) in [6, 6.07) is 3.54. The summed E-state index contributed by atoms with van der Waals surface area (Å²) in [5, 5.41) is 17.7. The molecule has 0 aliphatic heterocycles. The highest BCUT2D eigenvalue weighted by atomic mass is 16.5. The average Bonchev–Trinajstić information content (AvgIpc) is 2.25. The third kappa shape index (κ3) is 3.49. The van der Waals surface area contributed by atoms with Gasteiger partial charge in [0.15, 0.2) is 0 Å². The smallest absolute Gasteiger partial charge is 0.213 e. The molecule has 0 spiro atoms. The highest BCUT2D eigenvalue weighted by molar-refractivity contribution is 5.26. The van der Waals surface area contributed by atoms with Crippen molar-refractivity contribution < 1.29 is 14.9 Å². The summed E-state index contributed by atoms with van der Waals surface area (Å²) in [6.07, 6.45) is 0. The van der Waals surface area contributed by atoms with E-state index in [1.165, 1.54) is 0 Å². The Labute approximate surface area is 89.5 Å². The minimum Gasteiger partial charge on any atom is -0.475 e. The third-order valence-electron chi connectivity index (χ3n) is 2.00. The number of rotatable bonds is 5. The van der Waals surface area contributed by atoms with Crippen molar-refractivity contribution >= 4 is 0 Å². The van der Waals surface area contributed by atoms with E-state index in [0.29, 0.717) is 5.88 Å². The standard InChI is InChI=1S/C11H17NO3/c1-8(2)10-5-9(7-14)6-11(12-10)15-4-3-13/h5-6,8,13-14H,3-4,7H2,1-2H3. The van der Waals surface area contributed by atoms with Crippen molar-refractivity contribution in [3.8, 4) is 5.88 Å². The Hall–Kier alpha value is -1.13. The van der Waals surface area contributed by atoms with E-state index in [-0.39, 0.29) is 25.7 Å². The Morgan fingerprint density at radius 2 is 2.07 bits per heavy atom. The normalized spacial score (nSPS) is 10.7. The van der Waals surface area contributed by atoms with Crippen LogP contribution in [0.1, 0.15) is 31.0 Å². The molecule has 0 unspecified atom stereocenters. The molecule has 0 amide bonds. The fourth-order valence-corrected chi connectivity index (χ4v) is 1.19. The highest BCUT2D eigenvalue weighted by Crippen LogP contribution is 2.18. The summed E-state index contributed by atoms with van der Waals surface area (Å²) in [5.41, 5.74) is 1.66. The quantitative estimate of drug-likeness (QED) is 0.764. The van der Waals surface area contributed by atoms with E-state index in [1.807, 2.05) is 19.9 Å². The van der Waals surface area contributed by atoms with Gasteiger partial charge < -0.3 is 14.9 Å². The zero-order valence-electron chi connectivity index (χ0n) is 9.10. The molecule has 1 heterocycles. The van der Waals surface area contributed by atoms with Gasteiger partial charge in [0.05, 0.1) is 13.2 Å². The lowest BCUT2D eigenvalue weighted by Gasteiger charge is -2.10. The maximum atomic E-state index is 9.06. The number of aliphatic hydroxyl groups is 2. The molecule has 0 saturated carbocycles. The molecule has 2 N–H and O–H groups in total. The molecule has 4 nitrogen and oxygen atoms in total. The lowest BCUT2D eigenvalue weighted by Crippen LogP contribution is -2.05. The van der Waals surface area contributed by atoms with Crippen LogP contribution in [0.3, 0.4) is 0 Å². The van der Waals surface area contributed by atoms with Gasteiger partial charge in [0.2, 0.25) is 5.88 Å². The largest absolute Gasteiger partial charge is 0.475 e. The highest BCUT2D eigenvalue weighted by Gasteiger charge is 2.06. The fourth-order valence-electron chi connectivity index (χ4n) is 1.19. The van der Waals surface area contributed by atoms with Crippen molar-refractivity contribution in [3.05, 3.63) is 23.4 Å². The molecule has 4 heteroatoms. The van der Waals surface area contributed by atoms with Crippen molar-refractivity contribution in [1.82, 2.24) is 4.98 Å². The van der Waals surface area contributed by atoms with E-state index in [4.69, 9.17) is 14.9 Å². The van der Waals surface area contributed by atoms with Gasteiger partial charge in [0, 0.05) is 11.8 Å². The Morgan fingerprint density at radius 1 is 1.33 bits per heavy atom. The number of pyridine rings is 1. The fraction of sp³-hybridized carbons (Fsp3) is 0.545. The first kappa shape index (κ1) is 11.9. The van der Waals surface area contributed by atoms with Crippen LogP contribution >= 0.6 is 0 Å². The van der Waals surface area contributed by atoms with Gasteiger partial charge >= 0.3 is 0 Å². The van der Waals surface area contributed by atoms with Gasteiger partial charge in [-0.1, -0.05) is 13.8 Å². The topological polar surface area (TPSA) is 62.6 Å². The summed E-state index contributed by atoms with van der Waals surface area (Å²) in [4.78, 5) is 4.27. The molecule has 84 valence electrons. The van der Waals surface area contributed by atoms with Crippen molar-refractivity contribution in [2.75, 3.05) is 13.2 Å². The van der Waals surface area contributed by atoms with Crippen LogP contribution in [0.2, 0.25) is 0 Å². The Morgan fingerprint density at radius 3 is 2.60 bits per heavy atom.